The van der Waals surface area contributed by atoms with Crippen LogP contribution in [-0.4, -0.2) is 36.2 Å². The third kappa shape index (κ3) is 3.19. The molecule has 4 nitrogen and oxygen atoms in total. The Kier molecular flexibility index (Phi) is 4.18. The van der Waals surface area contributed by atoms with Crippen molar-refractivity contribution >= 4 is 5.91 Å². The third-order valence-corrected chi connectivity index (χ3v) is 3.75. The van der Waals surface area contributed by atoms with Crippen LogP contribution in [0.1, 0.15) is 38.5 Å². The van der Waals surface area contributed by atoms with Gasteiger partial charge in [0.05, 0.1) is 6.10 Å². The molecule has 3 N–H and O–H groups in total. The zero-order valence-electron chi connectivity index (χ0n) is 9.74. The average Bonchev–Trinajstić information content (AvgIpc) is 2.33. The number of hydrogen-bond acceptors (Lipinski definition) is 3. The van der Waals surface area contributed by atoms with Gasteiger partial charge >= 0.3 is 0 Å². The van der Waals surface area contributed by atoms with Crippen molar-refractivity contribution in [3.05, 3.63) is 0 Å². The largest absolute Gasteiger partial charge is 0.393 e. The summed E-state index contributed by atoms with van der Waals surface area (Å²) in [7, 11) is 0. The highest BCUT2D eigenvalue weighted by Crippen LogP contribution is 2.19. The van der Waals surface area contributed by atoms with Crippen LogP contribution in [0.5, 0.6) is 0 Å². The number of piperidine rings is 1. The molecular weight excluding hydrogens is 204 g/mol. The minimum Gasteiger partial charge on any atom is -0.393 e. The van der Waals surface area contributed by atoms with Crippen LogP contribution in [0.2, 0.25) is 0 Å². The Morgan fingerprint density at radius 2 is 1.69 bits per heavy atom. The van der Waals surface area contributed by atoms with Crippen molar-refractivity contribution in [3.63, 3.8) is 0 Å². The lowest BCUT2D eigenvalue weighted by Crippen LogP contribution is -2.44. The van der Waals surface area contributed by atoms with Gasteiger partial charge in [-0.05, 0) is 51.6 Å². The normalized spacial score (nSPS) is 32.3. The van der Waals surface area contributed by atoms with Crippen LogP contribution in [-0.2, 0) is 4.79 Å². The molecule has 1 heterocycles. The van der Waals surface area contributed by atoms with Gasteiger partial charge in [-0.3, -0.25) is 4.79 Å². The number of amides is 1. The van der Waals surface area contributed by atoms with Crippen LogP contribution < -0.4 is 10.6 Å². The van der Waals surface area contributed by atoms with E-state index in [1.54, 1.807) is 0 Å². The van der Waals surface area contributed by atoms with Gasteiger partial charge in [0.15, 0.2) is 0 Å². The number of carbonyl (C=O) groups is 1. The number of rotatable bonds is 2. The second-order valence-electron chi connectivity index (χ2n) is 5.04. The zero-order valence-corrected chi connectivity index (χ0v) is 9.74. The van der Waals surface area contributed by atoms with Gasteiger partial charge in [-0.25, -0.2) is 0 Å². The van der Waals surface area contributed by atoms with Crippen molar-refractivity contribution in [2.24, 2.45) is 5.92 Å². The van der Waals surface area contributed by atoms with Crippen LogP contribution in [0.4, 0.5) is 0 Å². The highest BCUT2D eigenvalue weighted by molar-refractivity contribution is 5.79. The predicted octanol–water partition coefficient (Wildman–Crippen LogP) is 0.406. The number of aliphatic hydroxyl groups is 1. The van der Waals surface area contributed by atoms with Crippen molar-refractivity contribution in [1.82, 2.24) is 10.6 Å². The predicted molar refractivity (Wildman–Crippen MR) is 62.0 cm³/mol. The molecule has 16 heavy (non-hydrogen) atoms. The average molecular weight is 226 g/mol. The van der Waals surface area contributed by atoms with Crippen LogP contribution >= 0.6 is 0 Å². The molecule has 0 bridgehead atoms. The fourth-order valence-corrected chi connectivity index (χ4v) is 2.62. The molecule has 1 aliphatic heterocycles. The summed E-state index contributed by atoms with van der Waals surface area (Å²) < 4.78 is 0. The molecule has 0 radical (unpaired) electrons. The standard InChI is InChI=1S/C12H22N2O2/c15-11-3-1-10(2-4-11)14-12(16)9-5-7-13-8-6-9/h9-11,13,15H,1-8H2,(H,14,16). The second-order valence-corrected chi connectivity index (χ2v) is 5.04. The molecule has 1 amide bonds. The van der Waals surface area contributed by atoms with Crippen LogP contribution in [0.3, 0.4) is 0 Å². The summed E-state index contributed by atoms with van der Waals surface area (Å²) in [5.74, 6) is 0.427. The maximum absolute atomic E-state index is 11.9. The van der Waals surface area contributed by atoms with E-state index in [2.05, 4.69) is 10.6 Å². The Labute approximate surface area is 96.8 Å². The Hall–Kier alpha value is -0.610. The van der Waals surface area contributed by atoms with Crippen LogP contribution in [0.15, 0.2) is 0 Å². The Morgan fingerprint density at radius 1 is 1.06 bits per heavy atom. The molecule has 1 saturated heterocycles. The quantitative estimate of drug-likeness (QED) is 0.639. The SMILES string of the molecule is O=C(NC1CCC(O)CC1)C1CCNCC1. The van der Waals surface area contributed by atoms with Gasteiger partial charge in [-0.15, -0.1) is 0 Å². The van der Waals surface area contributed by atoms with E-state index in [4.69, 9.17) is 0 Å². The molecule has 0 atom stereocenters. The zero-order chi connectivity index (χ0) is 11.4. The van der Waals surface area contributed by atoms with Gasteiger partial charge in [0.25, 0.3) is 0 Å². The first-order chi connectivity index (χ1) is 7.75. The fraction of sp³-hybridized carbons (Fsp3) is 0.917. The van der Waals surface area contributed by atoms with Crippen molar-refractivity contribution in [2.45, 2.75) is 50.7 Å². The molecule has 0 aromatic carbocycles. The van der Waals surface area contributed by atoms with Crippen molar-refractivity contribution in [2.75, 3.05) is 13.1 Å². The van der Waals surface area contributed by atoms with E-state index in [0.29, 0.717) is 6.04 Å². The molecule has 0 aromatic heterocycles. The minimum atomic E-state index is -0.146. The summed E-state index contributed by atoms with van der Waals surface area (Å²) in [4.78, 5) is 11.9. The van der Waals surface area contributed by atoms with E-state index >= 15 is 0 Å². The smallest absolute Gasteiger partial charge is 0.223 e. The highest BCUT2D eigenvalue weighted by atomic mass is 16.3. The Morgan fingerprint density at radius 3 is 2.31 bits per heavy atom. The lowest BCUT2D eigenvalue weighted by atomic mass is 9.91. The summed E-state index contributed by atoms with van der Waals surface area (Å²) in [5, 5.41) is 15.8. The maximum Gasteiger partial charge on any atom is 0.223 e. The summed E-state index contributed by atoms with van der Waals surface area (Å²) in [6.07, 6.45) is 5.29. The molecule has 0 unspecified atom stereocenters. The molecule has 0 spiro atoms. The molecule has 92 valence electrons. The molecule has 4 heteroatoms. The number of nitrogens with one attached hydrogen (secondary N) is 2. The van der Waals surface area contributed by atoms with Crippen molar-refractivity contribution < 1.29 is 9.90 Å². The van der Waals surface area contributed by atoms with Crippen LogP contribution in [0.25, 0.3) is 0 Å². The third-order valence-electron chi connectivity index (χ3n) is 3.75. The topological polar surface area (TPSA) is 61.4 Å². The number of carbonyl (C=O) groups excluding carboxylic acids is 1. The lowest BCUT2D eigenvalue weighted by Gasteiger charge is -2.29. The Balaban J connectivity index is 1.73. The molecule has 0 aromatic rings. The van der Waals surface area contributed by atoms with E-state index < -0.39 is 0 Å². The minimum absolute atomic E-state index is 0.146. The monoisotopic (exact) mass is 226 g/mol. The summed E-state index contributed by atoms with van der Waals surface area (Å²) in [6, 6.07) is 0.297. The van der Waals surface area contributed by atoms with Gasteiger partial charge in [-0.1, -0.05) is 0 Å². The fourth-order valence-electron chi connectivity index (χ4n) is 2.62. The van der Waals surface area contributed by atoms with Crippen molar-refractivity contribution in [3.8, 4) is 0 Å². The van der Waals surface area contributed by atoms with E-state index in [-0.39, 0.29) is 17.9 Å². The van der Waals surface area contributed by atoms with Gasteiger partial charge in [-0.2, -0.15) is 0 Å². The number of aliphatic hydroxyl groups excluding tert-OH is 1. The van der Waals surface area contributed by atoms with E-state index in [1.807, 2.05) is 0 Å². The van der Waals surface area contributed by atoms with Gasteiger partial charge in [0, 0.05) is 12.0 Å². The molecule has 2 fully saturated rings. The number of hydrogen-bond donors (Lipinski definition) is 3. The first kappa shape index (κ1) is 11.9. The molecule has 2 rings (SSSR count). The molecule has 1 aliphatic carbocycles. The van der Waals surface area contributed by atoms with E-state index in [9.17, 15) is 9.90 Å². The first-order valence-corrected chi connectivity index (χ1v) is 6.45. The van der Waals surface area contributed by atoms with E-state index in [0.717, 1.165) is 51.6 Å². The summed E-state index contributed by atoms with van der Waals surface area (Å²) in [5.41, 5.74) is 0. The first-order valence-electron chi connectivity index (χ1n) is 6.45. The highest BCUT2D eigenvalue weighted by Gasteiger charge is 2.25. The van der Waals surface area contributed by atoms with Crippen molar-refractivity contribution in [1.29, 1.82) is 0 Å². The second kappa shape index (κ2) is 5.64. The maximum atomic E-state index is 11.9. The molecule has 1 saturated carbocycles. The summed E-state index contributed by atoms with van der Waals surface area (Å²) in [6.45, 7) is 1.92. The van der Waals surface area contributed by atoms with Gasteiger partial charge in [0.2, 0.25) is 5.91 Å². The Bertz CT molecular complexity index is 231. The molecule has 2 aliphatic rings. The van der Waals surface area contributed by atoms with Crippen LogP contribution in [0, 0.1) is 5.92 Å². The lowest BCUT2D eigenvalue weighted by molar-refractivity contribution is -0.126. The van der Waals surface area contributed by atoms with Gasteiger partial charge in [0.1, 0.15) is 0 Å². The van der Waals surface area contributed by atoms with E-state index in [1.165, 1.54) is 0 Å². The van der Waals surface area contributed by atoms with Gasteiger partial charge < -0.3 is 15.7 Å². The summed E-state index contributed by atoms with van der Waals surface area (Å²) >= 11 is 0. The molecular formula is C12H22N2O2.